The monoisotopic (exact) mass is 410 g/mol. The van der Waals surface area contributed by atoms with Gasteiger partial charge < -0.3 is 14.0 Å². The summed E-state index contributed by atoms with van der Waals surface area (Å²) in [6, 6.07) is 5.86. The predicted octanol–water partition coefficient (Wildman–Crippen LogP) is 3.80. The van der Waals surface area contributed by atoms with Crippen molar-refractivity contribution in [3.8, 4) is 5.75 Å². The molecule has 1 aliphatic rings. The van der Waals surface area contributed by atoms with Crippen LogP contribution in [0.5, 0.6) is 5.75 Å². The quantitative estimate of drug-likeness (QED) is 0.579. The Morgan fingerprint density at radius 2 is 1.79 bits per heavy atom. The third-order valence-corrected chi connectivity index (χ3v) is 5.23. The molecule has 0 saturated heterocycles. The van der Waals surface area contributed by atoms with Gasteiger partial charge in [0.1, 0.15) is 5.75 Å². The summed E-state index contributed by atoms with van der Waals surface area (Å²) in [5, 5.41) is 0. The SMILES string of the molecule is CCN(CC)c1ccc(CN(C(=O)CC(C)(C)C)C2CC2)c(OS(C)(=O)=O)c1. The molecule has 0 radical (unpaired) electrons. The highest BCUT2D eigenvalue weighted by Crippen LogP contribution is 2.34. The van der Waals surface area contributed by atoms with E-state index >= 15 is 0 Å². The van der Waals surface area contributed by atoms with Crippen LogP contribution in [0.2, 0.25) is 0 Å². The van der Waals surface area contributed by atoms with Crippen LogP contribution in [0.15, 0.2) is 18.2 Å². The second-order valence-corrected chi connectivity index (χ2v) is 10.3. The number of anilines is 1. The van der Waals surface area contributed by atoms with Crippen molar-refractivity contribution in [1.29, 1.82) is 0 Å². The Balaban J connectivity index is 2.34. The molecule has 7 heteroatoms. The summed E-state index contributed by atoms with van der Waals surface area (Å²) in [4.78, 5) is 16.9. The predicted molar refractivity (Wildman–Crippen MR) is 113 cm³/mol. The van der Waals surface area contributed by atoms with Crippen molar-refractivity contribution in [2.24, 2.45) is 5.41 Å². The van der Waals surface area contributed by atoms with Crippen LogP contribution < -0.4 is 9.08 Å². The minimum absolute atomic E-state index is 0.0943. The molecule has 158 valence electrons. The zero-order valence-electron chi connectivity index (χ0n) is 18.0. The fourth-order valence-electron chi connectivity index (χ4n) is 3.25. The summed E-state index contributed by atoms with van der Waals surface area (Å²) in [7, 11) is -3.67. The van der Waals surface area contributed by atoms with Crippen molar-refractivity contribution in [2.45, 2.75) is 66.5 Å². The third kappa shape index (κ3) is 6.69. The lowest BCUT2D eigenvalue weighted by Crippen LogP contribution is -2.35. The first kappa shape index (κ1) is 22.5. The number of nitrogens with zero attached hydrogens (tertiary/aromatic N) is 2. The minimum atomic E-state index is -3.67. The number of hydrogen-bond acceptors (Lipinski definition) is 5. The highest BCUT2D eigenvalue weighted by atomic mass is 32.2. The molecule has 1 aromatic carbocycles. The Kier molecular flexibility index (Phi) is 7.02. The normalized spacial score (nSPS) is 14.6. The molecule has 1 saturated carbocycles. The van der Waals surface area contributed by atoms with E-state index in [-0.39, 0.29) is 17.4 Å². The maximum absolute atomic E-state index is 12.9. The molecule has 0 heterocycles. The van der Waals surface area contributed by atoms with Crippen molar-refractivity contribution < 1.29 is 17.4 Å². The van der Waals surface area contributed by atoms with Gasteiger partial charge in [0.15, 0.2) is 0 Å². The largest absolute Gasteiger partial charge is 0.382 e. The average Bonchev–Trinajstić information content (AvgIpc) is 3.36. The average molecular weight is 411 g/mol. The molecule has 1 fully saturated rings. The maximum Gasteiger partial charge on any atom is 0.306 e. The van der Waals surface area contributed by atoms with E-state index in [9.17, 15) is 13.2 Å². The van der Waals surface area contributed by atoms with Crippen LogP contribution in [0.3, 0.4) is 0 Å². The first-order chi connectivity index (χ1) is 12.9. The van der Waals surface area contributed by atoms with Crippen LogP contribution in [-0.4, -0.2) is 44.6 Å². The van der Waals surface area contributed by atoms with E-state index < -0.39 is 10.1 Å². The third-order valence-electron chi connectivity index (χ3n) is 4.75. The second-order valence-electron chi connectivity index (χ2n) is 8.74. The Hall–Kier alpha value is -1.76. The topological polar surface area (TPSA) is 66.9 Å². The van der Waals surface area contributed by atoms with Crippen LogP contribution in [-0.2, 0) is 21.5 Å². The van der Waals surface area contributed by atoms with E-state index in [1.54, 1.807) is 6.07 Å². The second kappa shape index (κ2) is 8.72. The standard InChI is InChI=1S/C21H34N2O4S/c1-7-22(8-2)18-10-9-16(19(13-18)27-28(6,25)26)15-23(17-11-12-17)20(24)14-21(3,4)5/h9-10,13,17H,7-8,11-12,14-15H2,1-6H3. The van der Waals surface area contributed by atoms with E-state index in [1.807, 2.05) is 37.8 Å². The molecule has 0 aliphatic heterocycles. The Morgan fingerprint density at radius 3 is 2.25 bits per heavy atom. The van der Waals surface area contributed by atoms with Crippen molar-refractivity contribution in [3.05, 3.63) is 23.8 Å². The lowest BCUT2D eigenvalue weighted by Gasteiger charge is -2.28. The Bertz CT molecular complexity index is 791. The van der Waals surface area contributed by atoms with Gasteiger partial charge in [0, 0.05) is 49.4 Å². The van der Waals surface area contributed by atoms with Crippen LogP contribution in [0.25, 0.3) is 0 Å². The van der Waals surface area contributed by atoms with Gasteiger partial charge in [-0.15, -0.1) is 0 Å². The fraction of sp³-hybridized carbons (Fsp3) is 0.667. The Morgan fingerprint density at radius 1 is 1.18 bits per heavy atom. The zero-order valence-corrected chi connectivity index (χ0v) is 18.8. The molecule has 0 bridgehead atoms. The molecule has 2 rings (SSSR count). The van der Waals surface area contributed by atoms with Crippen LogP contribution >= 0.6 is 0 Å². The molecule has 0 aromatic heterocycles. The summed E-state index contributed by atoms with van der Waals surface area (Å²) >= 11 is 0. The summed E-state index contributed by atoms with van der Waals surface area (Å²) in [6.07, 6.45) is 3.50. The molecule has 0 atom stereocenters. The smallest absolute Gasteiger partial charge is 0.306 e. The molecule has 1 aliphatic carbocycles. The summed E-state index contributed by atoms with van der Waals surface area (Å²) in [5.74, 6) is 0.411. The maximum atomic E-state index is 12.9. The van der Waals surface area contributed by atoms with Crippen molar-refractivity contribution >= 4 is 21.7 Å². The molecule has 6 nitrogen and oxygen atoms in total. The summed E-state index contributed by atoms with van der Waals surface area (Å²) < 4.78 is 28.9. The molecular weight excluding hydrogens is 376 g/mol. The van der Waals surface area contributed by atoms with Gasteiger partial charge in [-0.1, -0.05) is 26.8 Å². The van der Waals surface area contributed by atoms with Crippen molar-refractivity contribution in [1.82, 2.24) is 4.90 Å². The van der Waals surface area contributed by atoms with Gasteiger partial charge in [-0.2, -0.15) is 8.42 Å². The number of rotatable bonds is 9. The van der Waals surface area contributed by atoms with E-state index in [0.717, 1.165) is 43.4 Å². The van der Waals surface area contributed by atoms with Crippen LogP contribution in [0, 0.1) is 5.41 Å². The lowest BCUT2D eigenvalue weighted by molar-refractivity contribution is -0.134. The number of benzene rings is 1. The van der Waals surface area contributed by atoms with Gasteiger partial charge in [0.05, 0.1) is 6.26 Å². The van der Waals surface area contributed by atoms with Crippen LogP contribution in [0.4, 0.5) is 5.69 Å². The summed E-state index contributed by atoms with van der Waals surface area (Å²) in [5.41, 5.74) is 1.53. The van der Waals surface area contributed by atoms with E-state index in [1.165, 1.54) is 0 Å². The molecule has 0 spiro atoms. The van der Waals surface area contributed by atoms with Crippen molar-refractivity contribution in [2.75, 3.05) is 24.2 Å². The lowest BCUT2D eigenvalue weighted by atomic mass is 9.91. The van der Waals surface area contributed by atoms with Gasteiger partial charge in [0.25, 0.3) is 0 Å². The number of hydrogen-bond donors (Lipinski definition) is 0. The van der Waals surface area contributed by atoms with Gasteiger partial charge in [-0.05, 0) is 38.2 Å². The van der Waals surface area contributed by atoms with Crippen molar-refractivity contribution in [3.63, 3.8) is 0 Å². The molecular formula is C21H34N2O4S. The molecule has 1 aromatic rings. The van der Waals surface area contributed by atoms with E-state index in [0.29, 0.717) is 18.7 Å². The van der Waals surface area contributed by atoms with E-state index in [2.05, 4.69) is 18.7 Å². The number of carbonyl (C=O) groups is 1. The van der Waals surface area contributed by atoms with Gasteiger partial charge >= 0.3 is 10.1 Å². The van der Waals surface area contributed by atoms with E-state index in [4.69, 9.17) is 4.18 Å². The van der Waals surface area contributed by atoms with Gasteiger partial charge in [-0.3, -0.25) is 4.79 Å². The number of carbonyl (C=O) groups excluding carboxylic acids is 1. The minimum Gasteiger partial charge on any atom is -0.382 e. The van der Waals surface area contributed by atoms with Crippen LogP contribution in [0.1, 0.15) is 59.4 Å². The highest BCUT2D eigenvalue weighted by Gasteiger charge is 2.34. The highest BCUT2D eigenvalue weighted by molar-refractivity contribution is 7.86. The molecule has 0 N–H and O–H groups in total. The first-order valence-corrected chi connectivity index (χ1v) is 11.8. The summed E-state index contributed by atoms with van der Waals surface area (Å²) in [6.45, 7) is 12.2. The molecule has 0 unspecified atom stereocenters. The Labute approximate surface area is 170 Å². The zero-order chi connectivity index (χ0) is 21.1. The first-order valence-electron chi connectivity index (χ1n) is 10.00. The number of amides is 1. The van der Waals surface area contributed by atoms with Gasteiger partial charge in [0.2, 0.25) is 5.91 Å². The molecule has 1 amide bonds. The molecule has 28 heavy (non-hydrogen) atoms. The van der Waals surface area contributed by atoms with Gasteiger partial charge in [-0.25, -0.2) is 0 Å². The fourth-order valence-corrected chi connectivity index (χ4v) is 3.73.